The van der Waals surface area contributed by atoms with E-state index >= 15 is 0 Å². The Balaban J connectivity index is 2.25. The van der Waals surface area contributed by atoms with Crippen molar-refractivity contribution in [2.45, 2.75) is 39.2 Å². The van der Waals surface area contributed by atoms with Gasteiger partial charge in [0.25, 0.3) is 0 Å². The molecule has 0 aromatic heterocycles. The molecule has 0 aromatic rings. The van der Waals surface area contributed by atoms with Crippen LogP contribution in [0.3, 0.4) is 0 Å². The van der Waals surface area contributed by atoms with Gasteiger partial charge in [0, 0.05) is 45.8 Å². The van der Waals surface area contributed by atoms with Crippen LogP contribution in [0, 0.1) is 11.3 Å². The molecule has 108 valence electrons. The Kier molecular flexibility index (Phi) is 7.46. The number of carbonyl (C=O) groups excluding carboxylic acids is 1. The topological polar surface area (TPSA) is 56.6 Å². The van der Waals surface area contributed by atoms with Gasteiger partial charge in [0.2, 0.25) is 5.91 Å². The van der Waals surface area contributed by atoms with Crippen LogP contribution in [0.25, 0.3) is 0 Å². The molecule has 1 aliphatic rings. The van der Waals surface area contributed by atoms with Gasteiger partial charge in [-0.05, 0) is 19.8 Å². The summed E-state index contributed by atoms with van der Waals surface area (Å²) in [7, 11) is 0. The Hall–Kier alpha value is -1.12. The van der Waals surface area contributed by atoms with Crippen LogP contribution in [0.1, 0.15) is 33.1 Å². The van der Waals surface area contributed by atoms with E-state index in [2.05, 4.69) is 11.0 Å². The first kappa shape index (κ1) is 15.9. The fraction of sp³-hybridized carbons (Fsp3) is 0.857. The molecule has 1 amide bonds. The molecule has 1 saturated heterocycles. The summed E-state index contributed by atoms with van der Waals surface area (Å²) < 4.78 is 5.23. The normalized spacial score (nSPS) is 18.1. The number of nitriles is 1. The van der Waals surface area contributed by atoms with E-state index < -0.39 is 0 Å². The molecule has 1 heterocycles. The van der Waals surface area contributed by atoms with Gasteiger partial charge >= 0.3 is 0 Å². The van der Waals surface area contributed by atoms with E-state index in [1.165, 1.54) is 0 Å². The highest BCUT2D eigenvalue weighted by Crippen LogP contribution is 2.10. The van der Waals surface area contributed by atoms with Gasteiger partial charge in [-0.25, -0.2) is 0 Å². The monoisotopic (exact) mass is 267 g/mol. The molecule has 0 radical (unpaired) electrons. The van der Waals surface area contributed by atoms with Crippen molar-refractivity contribution in [1.29, 1.82) is 5.26 Å². The number of amides is 1. The Morgan fingerprint density at radius 2 is 2.00 bits per heavy atom. The lowest BCUT2D eigenvalue weighted by Gasteiger charge is -2.36. The van der Waals surface area contributed by atoms with Crippen molar-refractivity contribution in [3.8, 4) is 6.07 Å². The SMILES string of the molecule is CCOCCCC(=O)N1CCN(C(C#N)CC)CC1. The Morgan fingerprint density at radius 1 is 1.32 bits per heavy atom. The fourth-order valence-electron chi connectivity index (χ4n) is 2.34. The molecule has 0 bridgehead atoms. The maximum Gasteiger partial charge on any atom is 0.222 e. The summed E-state index contributed by atoms with van der Waals surface area (Å²) in [4.78, 5) is 16.0. The summed E-state index contributed by atoms with van der Waals surface area (Å²) in [5, 5.41) is 9.03. The Morgan fingerprint density at radius 3 is 2.53 bits per heavy atom. The minimum atomic E-state index is -0.00444. The summed E-state index contributed by atoms with van der Waals surface area (Å²) >= 11 is 0. The van der Waals surface area contributed by atoms with Gasteiger partial charge in [-0.2, -0.15) is 5.26 Å². The molecule has 0 spiro atoms. The number of hydrogen-bond donors (Lipinski definition) is 0. The van der Waals surface area contributed by atoms with Gasteiger partial charge in [0.05, 0.1) is 12.1 Å². The van der Waals surface area contributed by atoms with Crippen LogP contribution in [-0.4, -0.2) is 61.1 Å². The van der Waals surface area contributed by atoms with Crippen LogP contribution in [0.15, 0.2) is 0 Å². The molecule has 1 fully saturated rings. The lowest BCUT2D eigenvalue weighted by molar-refractivity contribution is -0.133. The maximum absolute atomic E-state index is 12.0. The van der Waals surface area contributed by atoms with Crippen LogP contribution in [0.5, 0.6) is 0 Å². The van der Waals surface area contributed by atoms with Crippen LogP contribution in [0.2, 0.25) is 0 Å². The minimum absolute atomic E-state index is 0.00444. The molecule has 19 heavy (non-hydrogen) atoms. The third-order valence-corrected chi connectivity index (χ3v) is 3.53. The summed E-state index contributed by atoms with van der Waals surface area (Å²) in [5.74, 6) is 0.212. The molecule has 0 N–H and O–H groups in total. The molecule has 5 nitrogen and oxygen atoms in total. The van der Waals surface area contributed by atoms with E-state index in [-0.39, 0.29) is 11.9 Å². The van der Waals surface area contributed by atoms with Crippen molar-refractivity contribution >= 4 is 5.91 Å². The first-order valence-electron chi connectivity index (χ1n) is 7.22. The van der Waals surface area contributed by atoms with Crippen LogP contribution in [-0.2, 0) is 9.53 Å². The first-order chi connectivity index (χ1) is 9.22. The first-order valence-corrected chi connectivity index (χ1v) is 7.22. The molecule has 0 aliphatic carbocycles. The van der Waals surface area contributed by atoms with E-state index in [0.29, 0.717) is 19.6 Å². The Labute approximate surface area is 116 Å². The van der Waals surface area contributed by atoms with E-state index in [4.69, 9.17) is 10.00 Å². The highest BCUT2D eigenvalue weighted by atomic mass is 16.5. The van der Waals surface area contributed by atoms with Crippen molar-refractivity contribution in [3.63, 3.8) is 0 Å². The summed E-state index contributed by atoms with van der Waals surface area (Å²) in [5.41, 5.74) is 0. The second-order valence-corrected chi connectivity index (χ2v) is 4.77. The highest BCUT2D eigenvalue weighted by molar-refractivity contribution is 5.76. The van der Waals surface area contributed by atoms with E-state index in [1.807, 2.05) is 18.7 Å². The summed E-state index contributed by atoms with van der Waals surface area (Å²) in [6, 6.07) is 2.32. The predicted molar refractivity (Wildman–Crippen MR) is 73.6 cm³/mol. The standard InChI is InChI=1S/C14H25N3O2/c1-3-13(12-15)16-7-9-17(10-8-16)14(18)6-5-11-19-4-2/h13H,3-11H2,1-2H3. The molecule has 5 heteroatoms. The number of ether oxygens (including phenoxy) is 1. The number of nitrogens with zero attached hydrogens (tertiary/aromatic N) is 3. The molecule has 1 unspecified atom stereocenters. The van der Waals surface area contributed by atoms with Crippen LogP contribution < -0.4 is 0 Å². The van der Waals surface area contributed by atoms with E-state index in [9.17, 15) is 4.79 Å². The van der Waals surface area contributed by atoms with Gasteiger partial charge in [-0.3, -0.25) is 9.69 Å². The van der Waals surface area contributed by atoms with Gasteiger partial charge in [-0.15, -0.1) is 0 Å². The minimum Gasteiger partial charge on any atom is -0.382 e. The zero-order chi connectivity index (χ0) is 14.1. The predicted octanol–water partition coefficient (Wildman–Crippen LogP) is 1.25. The quantitative estimate of drug-likeness (QED) is 0.651. The largest absolute Gasteiger partial charge is 0.382 e. The number of rotatable bonds is 7. The maximum atomic E-state index is 12.0. The number of hydrogen-bond acceptors (Lipinski definition) is 4. The molecule has 0 aromatic carbocycles. The number of carbonyl (C=O) groups is 1. The van der Waals surface area contributed by atoms with Crippen molar-refractivity contribution in [2.75, 3.05) is 39.4 Å². The second-order valence-electron chi connectivity index (χ2n) is 4.77. The van der Waals surface area contributed by atoms with Crippen molar-refractivity contribution < 1.29 is 9.53 Å². The smallest absolute Gasteiger partial charge is 0.222 e. The average Bonchev–Trinajstić information content (AvgIpc) is 2.45. The van der Waals surface area contributed by atoms with Gasteiger partial charge in [0.15, 0.2) is 0 Å². The zero-order valence-electron chi connectivity index (χ0n) is 12.1. The van der Waals surface area contributed by atoms with Gasteiger partial charge in [0.1, 0.15) is 0 Å². The third kappa shape index (κ3) is 5.17. The lowest BCUT2D eigenvalue weighted by atomic mass is 10.1. The van der Waals surface area contributed by atoms with Crippen LogP contribution in [0.4, 0.5) is 0 Å². The second kappa shape index (κ2) is 8.89. The summed E-state index contributed by atoms with van der Waals surface area (Å²) in [6.45, 7) is 8.46. The van der Waals surface area contributed by atoms with Crippen LogP contribution >= 0.6 is 0 Å². The van der Waals surface area contributed by atoms with Crippen molar-refractivity contribution in [3.05, 3.63) is 0 Å². The van der Waals surface area contributed by atoms with Crippen molar-refractivity contribution in [2.24, 2.45) is 0 Å². The molecule has 1 aliphatic heterocycles. The Bertz CT molecular complexity index is 306. The molecule has 1 rings (SSSR count). The molecule has 1 atom stereocenters. The van der Waals surface area contributed by atoms with Crippen molar-refractivity contribution in [1.82, 2.24) is 9.80 Å². The zero-order valence-corrected chi connectivity index (χ0v) is 12.1. The molecular formula is C14H25N3O2. The van der Waals surface area contributed by atoms with Gasteiger partial charge < -0.3 is 9.64 Å². The highest BCUT2D eigenvalue weighted by Gasteiger charge is 2.24. The van der Waals surface area contributed by atoms with E-state index in [1.54, 1.807) is 0 Å². The average molecular weight is 267 g/mol. The van der Waals surface area contributed by atoms with Gasteiger partial charge in [-0.1, -0.05) is 6.92 Å². The fourth-order valence-corrected chi connectivity index (χ4v) is 2.34. The van der Waals surface area contributed by atoms with E-state index in [0.717, 1.165) is 39.0 Å². The third-order valence-electron chi connectivity index (χ3n) is 3.53. The lowest BCUT2D eigenvalue weighted by Crippen LogP contribution is -2.51. The molecule has 0 saturated carbocycles. The molecular weight excluding hydrogens is 242 g/mol. The number of piperazine rings is 1. The summed E-state index contributed by atoms with van der Waals surface area (Å²) in [6.07, 6.45) is 2.21.